The lowest BCUT2D eigenvalue weighted by molar-refractivity contribution is -0.130. The van der Waals surface area contributed by atoms with Gasteiger partial charge in [-0.05, 0) is 0 Å². The number of nitrogens with one attached hydrogen (secondary N) is 2. The third kappa shape index (κ3) is 8.53. The summed E-state index contributed by atoms with van der Waals surface area (Å²) in [4.78, 5) is 47.4. The topological polar surface area (TPSA) is 92.3 Å². The molecule has 6 nitrogen and oxygen atoms in total. The van der Waals surface area contributed by atoms with E-state index in [1.165, 1.54) is 6.92 Å². The first kappa shape index (κ1) is 22.2. The monoisotopic (exact) mass is 396 g/mol. The Bertz CT molecular complexity index is 635. The van der Waals surface area contributed by atoms with E-state index in [-0.39, 0.29) is 33.7 Å². The van der Waals surface area contributed by atoms with Crippen molar-refractivity contribution in [3.05, 3.63) is 35.9 Å². The van der Waals surface area contributed by atoms with Crippen molar-refractivity contribution in [3.8, 4) is 0 Å². The number of carbonyl (C=O) groups excluding carboxylic acids is 4. The average molecular weight is 397 g/mol. The SMILES string of the molecule is CC(=O)SCCNC(=O)[C@H](CSC(=O)c1ccccc1)NC(=O)C(C)C. The molecule has 0 saturated heterocycles. The Hall–Kier alpha value is -1.80. The molecule has 0 radical (unpaired) electrons. The Kier molecular flexibility index (Phi) is 10.0. The molecule has 0 unspecified atom stereocenters. The van der Waals surface area contributed by atoms with Crippen molar-refractivity contribution in [2.45, 2.75) is 26.8 Å². The molecule has 2 N–H and O–H groups in total. The molecule has 0 aliphatic rings. The zero-order valence-electron chi connectivity index (χ0n) is 15.1. The van der Waals surface area contributed by atoms with Crippen LogP contribution >= 0.6 is 23.5 Å². The minimum Gasteiger partial charge on any atom is -0.353 e. The maximum Gasteiger partial charge on any atom is 0.243 e. The van der Waals surface area contributed by atoms with Crippen LogP contribution in [0, 0.1) is 5.92 Å². The maximum absolute atomic E-state index is 12.4. The highest BCUT2D eigenvalue weighted by Crippen LogP contribution is 2.14. The van der Waals surface area contributed by atoms with Gasteiger partial charge in [-0.1, -0.05) is 67.7 Å². The summed E-state index contributed by atoms with van der Waals surface area (Å²) in [6.45, 7) is 5.24. The van der Waals surface area contributed by atoms with E-state index in [0.717, 1.165) is 23.5 Å². The first-order chi connectivity index (χ1) is 12.3. The fourth-order valence-electron chi connectivity index (χ4n) is 1.83. The van der Waals surface area contributed by atoms with Crippen LogP contribution in [0.1, 0.15) is 31.1 Å². The van der Waals surface area contributed by atoms with Crippen LogP contribution in [0.15, 0.2) is 30.3 Å². The molecule has 1 aromatic carbocycles. The molecule has 1 atom stereocenters. The number of benzene rings is 1. The minimum atomic E-state index is -0.815. The molecule has 26 heavy (non-hydrogen) atoms. The van der Waals surface area contributed by atoms with Gasteiger partial charge in [0.05, 0.1) is 0 Å². The Morgan fingerprint density at radius 3 is 2.23 bits per heavy atom. The number of rotatable bonds is 9. The number of amides is 2. The maximum atomic E-state index is 12.4. The second-order valence-corrected chi connectivity index (χ2v) is 8.08. The number of carbonyl (C=O) groups is 4. The molecule has 8 heteroatoms. The van der Waals surface area contributed by atoms with Gasteiger partial charge in [0.15, 0.2) is 5.12 Å². The first-order valence-corrected chi connectivity index (χ1v) is 10.2. The molecule has 0 saturated carbocycles. The van der Waals surface area contributed by atoms with Gasteiger partial charge in [-0.3, -0.25) is 19.2 Å². The molecule has 0 bridgehead atoms. The summed E-state index contributed by atoms with van der Waals surface area (Å²) in [5.41, 5.74) is 0.546. The van der Waals surface area contributed by atoms with Gasteiger partial charge < -0.3 is 10.6 Å². The van der Waals surface area contributed by atoms with Gasteiger partial charge >= 0.3 is 0 Å². The van der Waals surface area contributed by atoms with Crippen LogP contribution in [0.4, 0.5) is 0 Å². The minimum absolute atomic E-state index is 0.0204. The van der Waals surface area contributed by atoms with Gasteiger partial charge in [-0.15, -0.1) is 0 Å². The number of hydrogen-bond acceptors (Lipinski definition) is 6. The molecular formula is C18H24N2O4S2. The summed E-state index contributed by atoms with van der Waals surface area (Å²) in [5, 5.41) is 5.19. The summed E-state index contributed by atoms with van der Waals surface area (Å²) in [7, 11) is 0. The lowest BCUT2D eigenvalue weighted by Gasteiger charge is -2.19. The standard InChI is InChI=1S/C18H24N2O4S2/c1-12(2)16(22)20-15(17(23)19-9-10-25-13(3)21)11-26-18(24)14-7-5-4-6-8-14/h4-8,12,15H,9-11H2,1-3H3,(H,19,23)(H,20,22)/t15-/m0/s1. The van der Waals surface area contributed by atoms with Gasteiger partial charge in [0.2, 0.25) is 16.9 Å². The molecule has 0 aliphatic heterocycles. The van der Waals surface area contributed by atoms with E-state index in [4.69, 9.17) is 0 Å². The molecule has 142 valence electrons. The lowest BCUT2D eigenvalue weighted by Crippen LogP contribution is -2.50. The Labute approximate surface area is 162 Å². The summed E-state index contributed by atoms with van der Waals surface area (Å²) in [6.07, 6.45) is 0. The second kappa shape index (κ2) is 11.7. The van der Waals surface area contributed by atoms with Gasteiger partial charge in [0.1, 0.15) is 6.04 Å². The highest BCUT2D eigenvalue weighted by Gasteiger charge is 2.23. The quantitative estimate of drug-likeness (QED) is 0.621. The predicted molar refractivity (Wildman–Crippen MR) is 106 cm³/mol. The Morgan fingerprint density at radius 1 is 1.00 bits per heavy atom. The summed E-state index contributed by atoms with van der Waals surface area (Å²) in [5.74, 6) is -0.291. The van der Waals surface area contributed by atoms with Crippen LogP contribution in [0.2, 0.25) is 0 Å². The molecule has 0 heterocycles. The van der Waals surface area contributed by atoms with E-state index in [9.17, 15) is 19.2 Å². The van der Waals surface area contributed by atoms with E-state index < -0.39 is 6.04 Å². The fraction of sp³-hybridized carbons (Fsp3) is 0.444. The normalized spacial score (nSPS) is 11.7. The van der Waals surface area contributed by atoms with Crippen LogP contribution in [-0.4, -0.2) is 46.1 Å². The molecule has 1 aromatic rings. The van der Waals surface area contributed by atoms with Crippen molar-refractivity contribution in [2.75, 3.05) is 18.1 Å². The summed E-state index contributed by atoms with van der Waals surface area (Å²) in [6, 6.07) is 7.95. The van der Waals surface area contributed by atoms with E-state index >= 15 is 0 Å². The Balaban J connectivity index is 2.62. The van der Waals surface area contributed by atoms with Crippen molar-refractivity contribution in [2.24, 2.45) is 5.92 Å². The van der Waals surface area contributed by atoms with Crippen LogP contribution in [-0.2, 0) is 14.4 Å². The van der Waals surface area contributed by atoms with Crippen molar-refractivity contribution >= 4 is 45.6 Å². The zero-order valence-corrected chi connectivity index (χ0v) is 16.7. The zero-order chi connectivity index (χ0) is 19.5. The van der Waals surface area contributed by atoms with Crippen molar-refractivity contribution in [1.29, 1.82) is 0 Å². The van der Waals surface area contributed by atoms with Gasteiger partial charge in [-0.25, -0.2) is 0 Å². The number of thioether (sulfide) groups is 2. The van der Waals surface area contributed by atoms with Crippen molar-refractivity contribution in [1.82, 2.24) is 10.6 Å². The van der Waals surface area contributed by atoms with Crippen LogP contribution in [0.3, 0.4) is 0 Å². The first-order valence-electron chi connectivity index (χ1n) is 8.25. The van der Waals surface area contributed by atoms with E-state index in [1.54, 1.807) is 38.1 Å². The van der Waals surface area contributed by atoms with Gasteiger partial charge in [0.25, 0.3) is 0 Å². The number of hydrogen-bond donors (Lipinski definition) is 2. The summed E-state index contributed by atoms with van der Waals surface area (Å²) < 4.78 is 0. The van der Waals surface area contributed by atoms with Crippen molar-refractivity contribution in [3.63, 3.8) is 0 Å². The molecule has 2 amide bonds. The highest BCUT2D eigenvalue weighted by molar-refractivity contribution is 8.14. The third-order valence-corrected chi connectivity index (χ3v) is 5.07. The molecule has 0 aliphatic carbocycles. The average Bonchev–Trinajstić information content (AvgIpc) is 2.61. The third-order valence-electron chi connectivity index (χ3n) is 3.25. The van der Waals surface area contributed by atoms with Crippen LogP contribution < -0.4 is 10.6 Å². The van der Waals surface area contributed by atoms with Crippen LogP contribution in [0.5, 0.6) is 0 Å². The lowest BCUT2D eigenvalue weighted by atomic mass is 10.2. The molecule has 0 aromatic heterocycles. The predicted octanol–water partition coefficient (Wildman–Crippen LogP) is 2.10. The van der Waals surface area contributed by atoms with E-state index in [0.29, 0.717) is 17.9 Å². The fourth-order valence-corrected chi connectivity index (χ4v) is 3.18. The van der Waals surface area contributed by atoms with Gasteiger partial charge in [-0.2, -0.15) is 0 Å². The molecular weight excluding hydrogens is 372 g/mol. The largest absolute Gasteiger partial charge is 0.353 e. The second-order valence-electron chi connectivity index (χ2n) is 5.81. The van der Waals surface area contributed by atoms with Crippen molar-refractivity contribution < 1.29 is 19.2 Å². The highest BCUT2D eigenvalue weighted by atomic mass is 32.2. The molecule has 1 rings (SSSR count). The summed E-state index contributed by atoms with van der Waals surface area (Å²) >= 11 is 2.11. The van der Waals surface area contributed by atoms with E-state index in [2.05, 4.69) is 10.6 Å². The van der Waals surface area contributed by atoms with Crippen LogP contribution in [0.25, 0.3) is 0 Å². The van der Waals surface area contributed by atoms with E-state index in [1.807, 2.05) is 6.07 Å². The van der Waals surface area contributed by atoms with Gasteiger partial charge in [0, 0.05) is 36.5 Å². The smallest absolute Gasteiger partial charge is 0.243 e. The molecule has 0 fully saturated rings. The molecule has 0 spiro atoms. The Morgan fingerprint density at radius 2 is 1.65 bits per heavy atom.